The summed E-state index contributed by atoms with van der Waals surface area (Å²) >= 11 is 0. The van der Waals surface area contributed by atoms with Crippen LogP contribution in [0.15, 0.2) is 18.2 Å². The molecular weight excluding hydrogens is 241 g/mol. The molecule has 1 aromatic rings. The first-order valence-electron chi connectivity index (χ1n) is 4.94. The molecule has 18 heavy (non-hydrogen) atoms. The summed E-state index contributed by atoms with van der Waals surface area (Å²) in [5, 5.41) is 21.4. The zero-order valence-corrected chi connectivity index (χ0v) is 9.40. The Hall–Kier alpha value is -2.62. The Morgan fingerprint density at radius 3 is 2.67 bits per heavy atom. The van der Waals surface area contributed by atoms with E-state index in [0.717, 1.165) is 6.07 Å². The Morgan fingerprint density at radius 2 is 2.17 bits per heavy atom. The number of urea groups is 1. The fourth-order valence-electron chi connectivity index (χ4n) is 1.10. The van der Waals surface area contributed by atoms with Gasteiger partial charge in [-0.2, -0.15) is 5.26 Å². The molecule has 0 spiro atoms. The standard InChI is InChI=1S/C11H10FN3O3/c1-6(10(16)17)14-11(18)15-9-3-2-7(5-13)4-8(9)12/h2-4,6H,1H3,(H,16,17)(H2,14,15,18). The van der Waals surface area contributed by atoms with Crippen molar-refractivity contribution in [3.05, 3.63) is 29.6 Å². The zero-order valence-electron chi connectivity index (χ0n) is 9.40. The smallest absolute Gasteiger partial charge is 0.325 e. The summed E-state index contributed by atoms with van der Waals surface area (Å²) in [6.45, 7) is 1.27. The van der Waals surface area contributed by atoms with Gasteiger partial charge in [-0.25, -0.2) is 9.18 Å². The Labute approximate surface area is 102 Å². The number of anilines is 1. The molecule has 0 fully saturated rings. The van der Waals surface area contributed by atoms with Crippen LogP contribution in [0.3, 0.4) is 0 Å². The summed E-state index contributed by atoms with van der Waals surface area (Å²) in [5.74, 6) is -1.97. The molecule has 6 nitrogen and oxygen atoms in total. The second-order valence-corrected chi connectivity index (χ2v) is 3.46. The molecule has 0 bridgehead atoms. The molecule has 0 aliphatic rings. The van der Waals surface area contributed by atoms with Crippen molar-refractivity contribution in [2.24, 2.45) is 0 Å². The minimum atomic E-state index is -1.20. The Kier molecular flexibility index (Phi) is 4.21. The normalized spacial score (nSPS) is 11.2. The highest BCUT2D eigenvalue weighted by molar-refractivity contribution is 5.92. The van der Waals surface area contributed by atoms with Crippen molar-refractivity contribution in [2.75, 3.05) is 5.32 Å². The van der Waals surface area contributed by atoms with Gasteiger partial charge in [0.25, 0.3) is 0 Å². The molecule has 3 N–H and O–H groups in total. The van der Waals surface area contributed by atoms with E-state index in [4.69, 9.17) is 10.4 Å². The number of carbonyl (C=O) groups excluding carboxylic acids is 1. The quantitative estimate of drug-likeness (QED) is 0.753. The monoisotopic (exact) mass is 251 g/mol. The summed E-state index contributed by atoms with van der Waals surface area (Å²) in [6.07, 6.45) is 0. The Balaban J connectivity index is 2.71. The Morgan fingerprint density at radius 1 is 1.50 bits per heavy atom. The topological polar surface area (TPSA) is 102 Å². The first-order chi connectivity index (χ1) is 8.43. The van der Waals surface area contributed by atoms with Crippen LogP contribution in [-0.4, -0.2) is 23.1 Å². The second-order valence-electron chi connectivity index (χ2n) is 3.46. The predicted octanol–water partition coefficient (Wildman–Crippen LogP) is 1.29. The number of aliphatic carboxylic acids is 1. The van der Waals surface area contributed by atoms with Crippen molar-refractivity contribution in [1.29, 1.82) is 5.26 Å². The minimum absolute atomic E-state index is 0.123. The molecule has 1 unspecified atom stereocenters. The molecular formula is C11H10FN3O3. The number of carbonyl (C=O) groups is 2. The van der Waals surface area contributed by atoms with Crippen molar-refractivity contribution >= 4 is 17.7 Å². The number of nitrogens with one attached hydrogen (secondary N) is 2. The van der Waals surface area contributed by atoms with Gasteiger partial charge in [0.1, 0.15) is 11.9 Å². The molecule has 0 heterocycles. The molecule has 1 aromatic carbocycles. The molecule has 94 valence electrons. The third-order valence-corrected chi connectivity index (χ3v) is 2.06. The number of amides is 2. The van der Waals surface area contributed by atoms with Gasteiger partial charge in [-0.3, -0.25) is 4.79 Å². The number of hydrogen-bond acceptors (Lipinski definition) is 3. The average molecular weight is 251 g/mol. The van der Waals surface area contributed by atoms with Gasteiger partial charge in [0.05, 0.1) is 17.3 Å². The molecule has 0 saturated carbocycles. The highest BCUT2D eigenvalue weighted by Crippen LogP contribution is 2.15. The van der Waals surface area contributed by atoms with Crippen molar-refractivity contribution in [2.45, 2.75) is 13.0 Å². The lowest BCUT2D eigenvalue weighted by molar-refractivity contribution is -0.138. The van der Waals surface area contributed by atoms with E-state index in [0.29, 0.717) is 0 Å². The highest BCUT2D eigenvalue weighted by Gasteiger charge is 2.14. The van der Waals surface area contributed by atoms with Gasteiger partial charge < -0.3 is 15.7 Å². The van der Waals surface area contributed by atoms with E-state index in [1.807, 2.05) is 0 Å². The number of carboxylic acids is 1. The van der Waals surface area contributed by atoms with Crippen molar-refractivity contribution in [3.63, 3.8) is 0 Å². The van der Waals surface area contributed by atoms with Crippen LogP contribution >= 0.6 is 0 Å². The molecule has 2 amide bonds. The molecule has 0 radical (unpaired) electrons. The van der Waals surface area contributed by atoms with E-state index in [1.54, 1.807) is 6.07 Å². The first kappa shape index (κ1) is 13.4. The van der Waals surface area contributed by atoms with Crippen LogP contribution in [0.5, 0.6) is 0 Å². The largest absolute Gasteiger partial charge is 0.480 e. The maximum Gasteiger partial charge on any atom is 0.325 e. The minimum Gasteiger partial charge on any atom is -0.480 e. The van der Waals surface area contributed by atoms with E-state index in [1.165, 1.54) is 19.1 Å². The molecule has 0 aliphatic heterocycles. The van der Waals surface area contributed by atoms with Crippen LogP contribution in [0.1, 0.15) is 12.5 Å². The van der Waals surface area contributed by atoms with E-state index >= 15 is 0 Å². The van der Waals surface area contributed by atoms with Crippen LogP contribution in [-0.2, 0) is 4.79 Å². The summed E-state index contributed by atoms with van der Waals surface area (Å²) < 4.78 is 13.4. The predicted molar refractivity (Wildman–Crippen MR) is 60.4 cm³/mol. The third-order valence-electron chi connectivity index (χ3n) is 2.06. The van der Waals surface area contributed by atoms with Gasteiger partial charge in [-0.15, -0.1) is 0 Å². The van der Waals surface area contributed by atoms with Crippen LogP contribution in [0, 0.1) is 17.1 Å². The zero-order chi connectivity index (χ0) is 13.7. The summed E-state index contributed by atoms with van der Waals surface area (Å²) in [7, 11) is 0. The van der Waals surface area contributed by atoms with E-state index in [9.17, 15) is 14.0 Å². The Bertz CT molecular complexity index is 525. The number of hydrogen-bond donors (Lipinski definition) is 3. The average Bonchev–Trinajstić information content (AvgIpc) is 2.31. The number of halogens is 1. The maximum atomic E-state index is 13.4. The van der Waals surface area contributed by atoms with Gasteiger partial charge in [0.15, 0.2) is 0 Å². The molecule has 0 aromatic heterocycles. The maximum absolute atomic E-state index is 13.4. The third kappa shape index (κ3) is 3.45. The van der Waals surface area contributed by atoms with Gasteiger partial charge in [-0.05, 0) is 25.1 Å². The highest BCUT2D eigenvalue weighted by atomic mass is 19.1. The molecule has 0 saturated heterocycles. The number of nitriles is 1. The summed E-state index contributed by atoms with van der Waals surface area (Å²) in [4.78, 5) is 21.8. The molecule has 1 rings (SSSR count). The number of nitrogens with zero attached hydrogens (tertiary/aromatic N) is 1. The van der Waals surface area contributed by atoms with Crippen LogP contribution < -0.4 is 10.6 Å². The second kappa shape index (κ2) is 5.63. The van der Waals surface area contributed by atoms with E-state index in [2.05, 4.69) is 10.6 Å². The summed E-state index contributed by atoms with van der Waals surface area (Å²) in [6, 6.07) is 3.34. The van der Waals surface area contributed by atoms with E-state index < -0.39 is 23.9 Å². The fraction of sp³-hybridized carbons (Fsp3) is 0.182. The van der Waals surface area contributed by atoms with Crippen molar-refractivity contribution in [1.82, 2.24) is 5.32 Å². The van der Waals surface area contributed by atoms with Crippen LogP contribution in [0.2, 0.25) is 0 Å². The van der Waals surface area contributed by atoms with Crippen LogP contribution in [0.25, 0.3) is 0 Å². The molecule has 7 heteroatoms. The van der Waals surface area contributed by atoms with E-state index in [-0.39, 0.29) is 11.3 Å². The fourth-order valence-corrected chi connectivity index (χ4v) is 1.10. The van der Waals surface area contributed by atoms with Gasteiger partial charge >= 0.3 is 12.0 Å². The SMILES string of the molecule is CC(NC(=O)Nc1ccc(C#N)cc1F)C(=O)O. The van der Waals surface area contributed by atoms with Crippen molar-refractivity contribution < 1.29 is 19.1 Å². The lowest BCUT2D eigenvalue weighted by Gasteiger charge is -2.11. The van der Waals surface area contributed by atoms with Crippen molar-refractivity contribution in [3.8, 4) is 6.07 Å². The number of rotatable bonds is 3. The first-order valence-corrected chi connectivity index (χ1v) is 4.94. The lowest BCUT2D eigenvalue weighted by atomic mass is 10.2. The van der Waals surface area contributed by atoms with Gasteiger partial charge in [0.2, 0.25) is 0 Å². The summed E-state index contributed by atoms with van der Waals surface area (Å²) in [5.41, 5.74) is -0.0125. The lowest BCUT2D eigenvalue weighted by Crippen LogP contribution is -2.41. The molecule has 1 atom stereocenters. The van der Waals surface area contributed by atoms with Gasteiger partial charge in [-0.1, -0.05) is 0 Å². The molecule has 0 aliphatic carbocycles. The number of carboxylic acid groups (broad SMARTS) is 1. The number of benzene rings is 1. The van der Waals surface area contributed by atoms with Gasteiger partial charge in [0, 0.05) is 0 Å². The van der Waals surface area contributed by atoms with Crippen LogP contribution in [0.4, 0.5) is 14.9 Å².